The van der Waals surface area contributed by atoms with E-state index in [0.717, 1.165) is 33.2 Å². The van der Waals surface area contributed by atoms with Crippen molar-refractivity contribution in [2.75, 3.05) is 0 Å². The average molecular weight is 687 g/mol. The van der Waals surface area contributed by atoms with Gasteiger partial charge in [-0.25, -0.2) is 9.97 Å². The number of hydrogen-bond acceptors (Lipinski definition) is 2. The van der Waals surface area contributed by atoms with Crippen LogP contribution in [0.3, 0.4) is 0 Å². The molecule has 0 aliphatic carbocycles. The van der Waals surface area contributed by atoms with Gasteiger partial charge in [-0.05, 0) is 52.6 Å². The number of nitrogens with zero attached hydrogens (tertiary/aromatic N) is 4. The molecule has 0 saturated heterocycles. The first kappa shape index (κ1) is 29.3. The smallest absolute Gasteiger partial charge is 0.235 e. The molecule has 4 aromatic heterocycles. The zero-order chi connectivity index (χ0) is 35.3. The third-order valence-corrected chi connectivity index (χ3v) is 11.3. The molecule has 0 saturated carbocycles. The Labute approximate surface area is 310 Å². The minimum atomic E-state index is 0.662. The Morgan fingerprint density at radius 1 is 0.333 bits per heavy atom. The van der Waals surface area contributed by atoms with Crippen LogP contribution in [-0.4, -0.2) is 18.9 Å². The standard InChI is InChI=1S/C50H30N4/c1-3-13-31(14-4-1)33-23-25-34(26-24-33)48-37-17-7-10-20-41(37)51-50(52-48)54-43-22-12-8-18-38(43)46-45(54)30-40-36-28-27-35(32-15-5-2-6-16-32)29-44(36)53-42-21-11-9-19-39(42)47(46)49(40)53/h1-30H. The zero-order valence-corrected chi connectivity index (χ0v) is 29.1. The van der Waals surface area contributed by atoms with Crippen molar-refractivity contribution in [3.8, 4) is 39.5 Å². The first-order valence-corrected chi connectivity index (χ1v) is 18.4. The lowest BCUT2D eigenvalue weighted by Crippen LogP contribution is -2.03. The van der Waals surface area contributed by atoms with Gasteiger partial charge in [0.2, 0.25) is 5.95 Å². The van der Waals surface area contributed by atoms with E-state index in [-0.39, 0.29) is 0 Å². The molecule has 12 aromatic rings. The maximum Gasteiger partial charge on any atom is 0.235 e. The molecular weight excluding hydrogens is 657 g/mol. The summed E-state index contributed by atoms with van der Waals surface area (Å²) >= 11 is 0. The van der Waals surface area contributed by atoms with E-state index in [1.54, 1.807) is 0 Å². The second-order valence-electron chi connectivity index (χ2n) is 14.2. The van der Waals surface area contributed by atoms with Crippen LogP contribution in [0.2, 0.25) is 0 Å². The van der Waals surface area contributed by atoms with Gasteiger partial charge in [0.05, 0.1) is 38.8 Å². The molecule has 0 aliphatic rings. The van der Waals surface area contributed by atoms with Crippen LogP contribution in [0.5, 0.6) is 0 Å². The Bertz CT molecular complexity index is 3410. The molecule has 0 unspecified atom stereocenters. The minimum Gasteiger partial charge on any atom is -0.308 e. The highest BCUT2D eigenvalue weighted by molar-refractivity contribution is 6.35. The molecule has 12 rings (SSSR count). The second-order valence-corrected chi connectivity index (χ2v) is 14.2. The van der Waals surface area contributed by atoms with Crippen molar-refractivity contribution >= 4 is 70.8 Å². The lowest BCUT2D eigenvalue weighted by molar-refractivity contribution is 1.01. The maximum absolute atomic E-state index is 5.45. The molecule has 0 spiro atoms. The Kier molecular flexibility index (Phi) is 6.02. The lowest BCUT2D eigenvalue weighted by Gasteiger charge is -2.12. The van der Waals surface area contributed by atoms with Crippen molar-refractivity contribution in [3.63, 3.8) is 0 Å². The number of benzene rings is 8. The lowest BCUT2D eigenvalue weighted by atomic mass is 10.0. The monoisotopic (exact) mass is 686 g/mol. The Balaban J connectivity index is 1.18. The maximum atomic E-state index is 5.45. The van der Waals surface area contributed by atoms with Crippen LogP contribution in [0, 0.1) is 0 Å². The van der Waals surface area contributed by atoms with Gasteiger partial charge in [0, 0.05) is 43.3 Å². The summed E-state index contributed by atoms with van der Waals surface area (Å²) in [6, 6.07) is 65.2. The van der Waals surface area contributed by atoms with Crippen LogP contribution in [-0.2, 0) is 0 Å². The topological polar surface area (TPSA) is 35.1 Å². The summed E-state index contributed by atoms with van der Waals surface area (Å²) in [4.78, 5) is 10.8. The van der Waals surface area contributed by atoms with Gasteiger partial charge in [0.25, 0.3) is 0 Å². The summed E-state index contributed by atoms with van der Waals surface area (Å²) in [6.07, 6.45) is 0. The Hall–Kier alpha value is -7.30. The molecule has 0 bridgehead atoms. The van der Waals surface area contributed by atoms with Crippen LogP contribution >= 0.6 is 0 Å². The predicted octanol–water partition coefficient (Wildman–Crippen LogP) is 12.9. The summed E-state index contributed by atoms with van der Waals surface area (Å²) in [7, 11) is 0. The van der Waals surface area contributed by atoms with Crippen molar-refractivity contribution in [1.29, 1.82) is 0 Å². The van der Waals surface area contributed by atoms with Gasteiger partial charge in [-0.15, -0.1) is 0 Å². The van der Waals surface area contributed by atoms with Crippen molar-refractivity contribution in [3.05, 3.63) is 182 Å². The molecule has 0 atom stereocenters. The van der Waals surface area contributed by atoms with E-state index in [9.17, 15) is 0 Å². The molecule has 0 N–H and O–H groups in total. The SMILES string of the molecule is c1ccc(-c2ccc(-c3nc(-n4c5ccccc5c5c6c7ccccc7n7c8cc(-c9ccccc9)ccc8c(cc54)c67)nc4ccccc34)cc2)cc1. The Morgan fingerprint density at radius 2 is 0.907 bits per heavy atom. The van der Waals surface area contributed by atoms with Crippen molar-refractivity contribution in [1.82, 2.24) is 18.9 Å². The van der Waals surface area contributed by atoms with Crippen LogP contribution in [0.1, 0.15) is 0 Å². The molecule has 0 aliphatic heterocycles. The molecule has 0 fully saturated rings. The Morgan fingerprint density at radius 3 is 1.67 bits per heavy atom. The molecule has 4 nitrogen and oxygen atoms in total. The van der Waals surface area contributed by atoms with Gasteiger partial charge in [0.1, 0.15) is 0 Å². The molecule has 250 valence electrons. The van der Waals surface area contributed by atoms with E-state index in [1.165, 1.54) is 71.1 Å². The van der Waals surface area contributed by atoms with Crippen molar-refractivity contribution in [2.45, 2.75) is 0 Å². The highest BCUT2D eigenvalue weighted by atomic mass is 15.2. The molecule has 4 heterocycles. The highest BCUT2D eigenvalue weighted by Crippen LogP contribution is 2.47. The van der Waals surface area contributed by atoms with Gasteiger partial charge >= 0.3 is 0 Å². The van der Waals surface area contributed by atoms with E-state index >= 15 is 0 Å². The van der Waals surface area contributed by atoms with Crippen molar-refractivity contribution in [2.24, 2.45) is 0 Å². The summed E-state index contributed by atoms with van der Waals surface area (Å²) in [5, 5.41) is 8.42. The van der Waals surface area contributed by atoms with Gasteiger partial charge in [0.15, 0.2) is 0 Å². The molecule has 54 heavy (non-hydrogen) atoms. The second kappa shape index (κ2) is 11.1. The van der Waals surface area contributed by atoms with Crippen LogP contribution in [0.4, 0.5) is 0 Å². The van der Waals surface area contributed by atoms with E-state index in [4.69, 9.17) is 9.97 Å². The van der Waals surface area contributed by atoms with Crippen LogP contribution < -0.4 is 0 Å². The summed E-state index contributed by atoms with van der Waals surface area (Å²) < 4.78 is 4.77. The zero-order valence-electron chi connectivity index (χ0n) is 29.1. The molecule has 8 aromatic carbocycles. The normalized spacial score (nSPS) is 12.1. The highest BCUT2D eigenvalue weighted by Gasteiger charge is 2.25. The quantitative estimate of drug-likeness (QED) is 0.185. The number of fused-ring (bicyclic) bond motifs is 11. The summed E-state index contributed by atoms with van der Waals surface area (Å²) in [5.74, 6) is 0.662. The predicted molar refractivity (Wildman–Crippen MR) is 225 cm³/mol. The first-order valence-electron chi connectivity index (χ1n) is 18.4. The van der Waals surface area contributed by atoms with Crippen LogP contribution in [0.15, 0.2) is 182 Å². The molecular formula is C50H30N4. The average Bonchev–Trinajstić information content (AvgIpc) is 3.88. The van der Waals surface area contributed by atoms with Gasteiger partial charge in [-0.2, -0.15) is 0 Å². The largest absolute Gasteiger partial charge is 0.308 e. The number of aromatic nitrogens is 4. The van der Waals surface area contributed by atoms with E-state index in [1.807, 2.05) is 0 Å². The van der Waals surface area contributed by atoms with Crippen LogP contribution in [0.25, 0.3) is 110 Å². The summed E-state index contributed by atoms with van der Waals surface area (Å²) in [6.45, 7) is 0. The van der Waals surface area contributed by atoms with Gasteiger partial charge in [-0.1, -0.05) is 152 Å². The number of para-hydroxylation sites is 3. The molecule has 0 amide bonds. The number of rotatable bonds is 4. The van der Waals surface area contributed by atoms with Gasteiger partial charge < -0.3 is 4.40 Å². The van der Waals surface area contributed by atoms with E-state index < -0.39 is 0 Å². The fourth-order valence-electron chi connectivity index (χ4n) is 8.87. The molecule has 0 radical (unpaired) electrons. The summed E-state index contributed by atoms with van der Waals surface area (Å²) in [5.41, 5.74) is 13.6. The molecule has 4 heteroatoms. The first-order chi connectivity index (χ1) is 26.8. The fraction of sp³-hybridized carbons (Fsp3) is 0. The van der Waals surface area contributed by atoms with E-state index in [2.05, 4.69) is 191 Å². The van der Waals surface area contributed by atoms with Gasteiger partial charge in [-0.3, -0.25) is 4.57 Å². The third kappa shape index (κ3) is 4.08. The third-order valence-electron chi connectivity index (χ3n) is 11.3. The fourth-order valence-corrected chi connectivity index (χ4v) is 8.87. The minimum absolute atomic E-state index is 0.662. The van der Waals surface area contributed by atoms with Crippen molar-refractivity contribution < 1.29 is 0 Å². The number of hydrogen-bond donors (Lipinski definition) is 0. The van der Waals surface area contributed by atoms with E-state index in [0.29, 0.717) is 5.95 Å².